The Bertz CT molecular complexity index is 649. The highest BCUT2D eigenvalue weighted by Gasteiger charge is 2.38. The van der Waals surface area contributed by atoms with Gasteiger partial charge in [-0.2, -0.15) is 0 Å². The number of carbonyl (C=O) groups is 1. The molecule has 2 unspecified atom stereocenters. The molecule has 2 aromatic carbocycles. The average molecular weight is 281 g/mol. The van der Waals surface area contributed by atoms with E-state index in [-0.39, 0.29) is 11.7 Å². The molecule has 0 bridgehead atoms. The van der Waals surface area contributed by atoms with E-state index in [1.807, 2.05) is 42.5 Å². The molecule has 0 aliphatic heterocycles. The van der Waals surface area contributed by atoms with Crippen LogP contribution in [0.1, 0.15) is 34.5 Å². The summed E-state index contributed by atoms with van der Waals surface area (Å²) in [4.78, 5) is 12.4. The van der Waals surface area contributed by atoms with Crippen LogP contribution in [0.25, 0.3) is 0 Å². The molecule has 3 rings (SSSR count). The second kappa shape index (κ2) is 5.70. The molecule has 2 atom stereocenters. The van der Waals surface area contributed by atoms with Gasteiger partial charge in [0.2, 0.25) is 0 Å². The third-order valence-electron chi connectivity index (χ3n) is 4.05. The van der Waals surface area contributed by atoms with Crippen molar-refractivity contribution in [2.24, 2.45) is 5.92 Å². The number of aliphatic hydroxyl groups is 1. The van der Waals surface area contributed by atoms with Gasteiger partial charge < -0.3 is 10.4 Å². The average Bonchev–Trinajstić information content (AvgIpc) is 2.75. The molecule has 0 amide bonds. The van der Waals surface area contributed by atoms with Gasteiger partial charge in [-0.15, -0.1) is 0 Å². The molecule has 0 aromatic heterocycles. The van der Waals surface area contributed by atoms with Crippen LogP contribution in [0.5, 0.6) is 0 Å². The van der Waals surface area contributed by atoms with Gasteiger partial charge in [-0.3, -0.25) is 4.79 Å². The molecule has 0 fully saturated rings. The first-order valence-corrected chi connectivity index (χ1v) is 7.34. The fourth-order valence-electron chi connectivity index (χ4n) is 2.96. The number of hydrogen-bond acceptors (Lipinski definition) is 3. The highest BCUT2D eigenvalue weighted by Crippen LogP contribution is 2.37. The molecule has 2 N–H and O–H groups in total. The fourth-order valence-corrected chi connectivity index (χ4v) is 2.96. The predicted octanol–water partition coefficient (Wildman–Crippen LogP) is 3.21. The molecule has 1 aliphatic rings. The second-order valence-corrected chi connectivity index (χ2v) is 5.43. The van der Waals surface area contributed by atoms with Gasteiger partial charge >= 0.3 is 0 Å². The van der Waals surface area contributed by atoms with Crippen molar-refractivity contribution < 1.29 is 9.90 Å². The largest absolute Gasteiger partial charge is 0.388 e. The first kappa shape index (κ1) is 13.8. The number of benzene rings is 2. The van der Waals surface area contributed by atoms with E-state index in [1.54, 1.807) is 6.07 Å². The first-order chi connectivity index (χ1) is 10.2. The van der Waals surface area contributed by atoms with Crippen LogP contribution in [0.3, 0.4) is 0 Å². The van der Waals surface area contributed by atoms with Crippen molar-refractivity contribution in [3.8, 4) is 0 Å². The molecule has 2 aromatic rings. The Morgan fingerprint density at radius 1 is 1.10 bits per heavy atom. The summed E-state index contributed by atoms with van der Waals surface area (Å²) >= 11 is 0. The van der Waals surface area contributed by atoms with Crippen molar-refractivity contribution >= 4 is 11.5 Å². The maximum absolute atomic E-state index is 12.4. The normalized spacial score (nSPS) is 20.4. The highest BCUT2D eigenvalue weighted by molar-refractivity contribution is 6.03. The number of fused-ring (bicyclic) bond motifs is 1. The molecule has 21 heavy (non-hydrogen) atoms. The summed E-state index contributed by atoms with van der Waals surface area (Å²) in [6.07, 6.45) is -0.122. The van der Waals surface area contributed by atoms with Crippen LogP contribution in [-0.2, 0) is 6.42 Å². The Hall–Kier alpha value is -2.13. The van der Waals surface area contributed by atoms with Crippen molar-refractivity contribution in [3.05, 3.63) is 65.2 Å². The molecule has 0 saturated carbocycles. The van der Waals surface area contributed by atoms with Crippen molar-refractivity contribution in [1.29, 1.82) is 0 Å². The van der Waals surface area contributed by atoms with Gasteiger partial charge in [0.05, 0.1) is 12.0 Å². The van der Waals surface area contributed by atoms with Crippen LogP contribution in [-0.4, -0.2) is 17.4 Å². The molecule has 0 heterocycles. The standard InChI is InChI=1S/C18H19NO2/c1-2-19-13-9-7-12(8-10-13)11-16-17(20)14-5-3-4-6-15(14)18(16)21/h3-10,16-17,19-20H,2,11H2,1H3. The second-order valence-electron chi connectivity index (χ2n) is 5.43. The van der Waals surface area contributed by atoms with E-state index in [0.717, 1.165) is 23.4 Å². The number of nitrogens with one attached hydrogen (secondary N) is 1. The monoisotopic (exact) mass is 281 g/mol. The molecule has 3 nitrogen and oxygen atoms in total. The zero-order valence-corrected chi connectivity index (χ0v) is 12.0. The number of carbonyl (C=O) groups excluding carboxylic acids is 1. The third-order valence-corrected chi connectivity index (χ3v) is 4.05. The van der Waals surface area contributed by atoms with Crippen LogP contribution in [0.2, 0.25) is 0 Å². The predicted molar refractivity (Wildman–Crippen MR) is 83.5 cm³/mol. The summed E-state index contributed by atoms with van der Waals surface area (Å²) in [7, 11) is 0. The lowest BCUT2D eigenvalue weighted by molar-refractivity contribution is 0.0757. The summed E-state index contributed by atoms with van der Waals surface area (Å²) in [5.74, 6) is -0.318. The smallest absolute Gasteiger partial charge is 0.169 e. The van der Waals surface area contributed by atoms with E-state index < -0.39 is 6.10 Å². The zero-order chi connectivity index (χ0) is 14.8. The summed E-state index contributed by atoms with van der Waals surface area (Å²) in [5.41, 5.74) is 3.57. The SMILES string of the molecule is CCNc1ccc(CC2C(=O)c3ccccc3C2O)cc1. The molecule has 108 valence electrons. The van der Waals surface area contributed by atoms with Crippen LogP contribution < -0.4 is 5.32 Å². The molecule has 0 spiro atoms. The van der Waals surface area contributed by atoms with Gasteiger partial charge in [-0.25, -0.2) is 0 Å². The minimum Gasteiger partial charge on any atom is -0.388 e. The maximum Gasteiger partial charge on any atom is 0.169 e. The topological polar surface area (TPSA) is 49.3 Å². The van der Waals surface area contributed by atoms with Crippen LogP contribution in [0.4, 0.5) is 5.69 Å². The molecular formula is C18H19NO2. The Balaban J connectivity index is 1.78. The minimum atomic E-state index is -0.692. The molecule has 1 aliphatic carbocycles. The Labute approximate surface area is 124 Å². The van der Waals surface area contributed by atoms with Gasteiger partial charge in [0, 0.05) is 17.8 Å². The summed E-state index contributed by atoms with van der Waals surface area (Å²) in [5, 5.41) is 13.6. The van der Waals surface area contributed by atoms with Crippen molar-refractivity contribution in [1.82, 2.24) is 0 Å². The molecular weight excluding hydrogens is 262 g/mol. The number of anilines is 1. The van der Waals surface area contributed by atoms with E-state index in [4.69, 9.17) is 0 Å². The van der Waals surface area contributed by atoms with Gasteiger partial charge in [0.1, 0.15) is 0 Å². The fraction of sp³-hybridized carbons (Fsp3) is 0.278. The Morgan fingerprint density at radius 3 is 2.48 bits per heavy atom. The highest BCUT2D eigenvalue weighted by atomic mass is 16.3. The third kappa shape index (κ3) is 2.57. The lowest BCUT2D eigenvalue weighted by Crippen LogP contribution is -2.16. The summed E-state index contributed by atoms with van der Waals surface area (Å²) in [6, 6.07) is 15.4. The van der Waals surface area contributed by atoms with Crippen LogP contribution in [0.15, 0.2) is 48.5 Å². The number of rotatable bonds is 4. The van der Waals surface area contributed by atoms with Crippen molar-refractivity contribution in [3.63, 3.8) is 0 Å². The van der Waals surface area contributed by atoms with Gasteiger partial charge in [-0.05, 0) is 36.6 Å². The van der Waals surface area contributed by atoms with Gasteiger partial charge in [-0.1, -0.05) is 36.4 Å². The molecule has 0 radical (unpaired) electrons. The Kier molecular flexibility index (Phi) is 3.76. The van der Waals surface area contributed by atoms with E-state index in [9.17, 15) is 9.90 Å². The summed E-state index contributed by atoms with van der Waals surface area (Å²) < 4.78 is 0. The number of Topliss-reactive ketones (excluding diaryl/α,β-unsaturated/α-hetero) is 1. The lowest BCUT2D eigenvalue weighted by atomic mass is 9.94. The minimum absolute atomic E-state index is 0.0499. The number of ketones is 1. The van der Waals surface area contributed by atoms with Crippen LogP contribution in [0, 0.1) is 5.92 Å². The van der Waals surface area contributed by atoms with Crippen molar-refractivity contribution in [2.75, 3.05) is 11.9 Å². The van der Waals surface area contributed by atoms with Crippen LogP contribution >= 0.6 is 0 Å². The first-order valence-electron chi connectivity index (χ1n) is 7.34. The maximum atomic E-state index is 12.4. The lowest BCUT2D eigenvalue weighted by Gasteiger charge is -2.14. The van der Waals surface area contributed by atoms with Gasteiger partial charge in [0.25, 0.3) is 0 Å². The number of aliphatic hydroxyl groups excluding tert-OH is 1. The molecule has 0 saturated heterocycles. The van der Waals surface area contributed by atoms with Gasteiger partial charge in [0.15, 0.2) is 5.78 Å². The zero-order valence-electron chi connectivity index (χ0n) is 12.0. The molecule has 3 heteroatoms. The quantitative estimate of drug-likeness (QED) is 0.904. The van der Waals surface area contributed by atoms with E-state index in [1.165, 1.54) is 0 Å². The van der Waals surface area contributed by atoms with E-state index in [2.05, 4.69) is 12.2 Å². The number of hydrogen-bond donors (Lipinski definition) is 2. The van der Waals surface area contributed by atoms with Crippen molar-refractivity contribution in [2.45, 2.75) is 19.4 Å². The summed E-state index contributed by atoms with van der Waals surface area (Å²) in [6.45, 7) is 2.94. The van der Waals surface area contributed by atoms with E-state index in [0.29, 0.717) is 12.0 Å². The Morgan fingerprint density at radius 2 is 1.81 bits per heavy atom. The van der Waals surface area contributed by atoms with E-state index >= 15 is 0 Å².